The Hall–Kier alpha value is -1.26. The summed E-state index contributed by atoms with van der Waals surface area (Å²) >= 11 is 0. The minimum Gasteiger partial charge on any atom is -0.417 e. The number of ether oxygens (including phenoxy) is 1. The fraction of sp³-hybridized carbons (Fsp3) is 0.200. The van der Waals surface area contributed by atoms with Crippen LogP contribution in [0.25, 0.3) is 0 Å². The summed E-state index contributed by atoms with van der Waals surface area (Å²) < 4.78 is 26.8. The highest BCUT2D eigenvalue weighted by Crippen LogP contribution is 2.05. The van der Waals surface area contributed by atoms with Crippen molar-refractivity contribution in [3.63, 3.8) is 0 Å². The lowest BCUT2D eigenvalue weighted by molar-refractivity contribution is -0.0529. The Labute approximate surface area is 55.7 Å². The van der Waals surface area contributed by atoms with Gasteiger partial charge in [-0.05, 0) is 0 Å². The molecule has 0 unspecified atom stereocenters. The molecule has 0 N–H and O–H groups in total. The van der Waals surface area contributed by atoms with E-state index in [9.17, 15) is 8.78 Å². The van der Waals surface area contributed by atoms with Crippen LogP contribution in [0.2, 0.25) is 0 Å². The van der Waals surface area contributed by atoms with Crippen molar-refractivity contribution in [2.75, 3.05) is 0 Å². The van der Waals surface area contributed by atoms with Crippen molar-refractivity contribution in [2.45, 2.75) is 6.61 Å². The van der Waals surface area contributed by atoms with Crippen molar-refractivity contribution in [3.05, 3.63) is 18.6 Å². The van der Waals surface area contributed by atoms with E-state index < -0.39 is 6.61 Å². The smallest absolute Gasteiger partial charge is 0.388 e. The molecule has 5 heteroatoms. The van der Waals surface area contributed by atoms with E-state index in [4.69, 9.17) is 0 Å². The van der Waals surface area contributed by atoms with Crippen molar-refractivity contribution >= 4 is 0 Å². The topological polar surface area (TPSA) is 35.0 Å². The number of nitrogens with zero attached hydrogens (tertiary/aromatic N) is 2. The first kappa shape index (κ1) is 6.85. The third kappa shape index (κ3) is 1.93. The molecule has 1 aromatic heterocycles. The van der Waals surface area contributed by atoms with Crippen LogP contribution in [0.15, 0.2) is 18.6 Å². The van der Waals surface area contributed by atoms with Gasteiger partial charge in [-0.2, -0.15) is 8.78 Å². The van der Waals surface area contributed by atoms with Gasteiger partial charge in [-0.3, -0.25) is 0 Å². The van der Waals surface area contributed by atoms with Gasteiger partial charge >= 0.3 is 6.61 Å². The van der Waals surface area contributed by atoms with Gasteiger partial charge in [0.1, 0.15) is 6.33 Å². The van der Waals surface area contributed by atoms with Gasteiger partial charge in [0.2, 0.25) is 5.88 Å². The molecule has 0 aliphatic rings. The van der Waals surface area contributed by atoms with Crippen LogP contribution < -0.4 is 4.74 Å². The van der Waals surface area contributed by atoms with Gasteiger partial charge in [-0.15, -0.1) is 0 Å². The van der Waals surface area contributed by atoms with Gasteiger partial charge in [0.25, 0.3) is 0 Å². The molecule has 3 nitrogen and oxygen atoms in total. The van der Waals surface area contributed by atoms with Gasteiger partial charge in [0, 0.05) is 12.3 Å². The molecule has 0 radical (unpaired) electrons. The van der Waals surface area contributed by atoms with Crippen molar-refractivity contribution in [2.24, 2.45) is 0 Å². The summed E-state index contributed by atoms with van der Waals surface area (Å²) in [6.45, 7) is -2.82. The van der Waals surface area contributed by atoms with Gasteiger partial charge in [0.15, 0.2) is 0 Å². The largest absolute Gasteiger partial charge is 0.417 e. The predicted octanol–water partition coefficient (Wildman–Crippen LogP) is 1.08. The Kier molecular flexibility index (Phi) is 2.09. The first-order chi connectivity index (χ1) is 4.79. The van der Waals surface area contributed by atoms with E-state index in [0.29, 0.717) is 0 Å². The Balaban J connectivity index is 2.59. The number of alkyl halides is 2. The summed E-state index contributed by atoms with van der Waals surface area (Å²) in [5.74, 6) is -0.120. The molecule has 0 aromatic carbocycles. The lowest BCUT2D eigenvalue weighted by Gasteiger charge is -1.99. The first-order valence-corrected chi connectivity index (χ1v) is 2.50. The van der Waals surface area contributed by atoms with E-state index >= 15 is 0 Å². The van der Waals surface area contributed by atoms with Crippen LogP contribution in [0.3, 0.4) is 0 Å². The Morgan fingerprint density at radius 3 is 2.80 bits per heavy atom. The molecule has 1 heterocycles. The predicted molar refractivity (Wildman–Crippen MR) is 28.7 cm³/mol. The summed E-state index contributed by atoms with van der Waals surface area (Å²) in [6, 6.07) is 1.26. The Morgan fingerprint density at radius 1 is 1.50 bits per heavy atom. The molecule has 0 amide bonds. The molecule has 0 aliphatic carbocycles. The fourth-order valence-electron chi connectivity index (χ4n) is 0.440. The fourth-order valence-corrected chi connectivity index (χ4v) is 0.440. The molecule has 0 aliphatic heterocycles. The highest BCUT2D eigenvalue weighted by atomic mass is 19.3. The molecule has 0 saturated carbocycles. The highest BCUT2D eigenvalue weighted by molar-refractivity contribution is 5.03. The zero-order chi connectivity index (χ0) is 7.40. The maximum Gasteiger partial charge on any atom is 0.388 e. The maximum absolute atomic E-state index is 11.4. The summed E-state index contributed by atoms with van der Waals surface area (Å²) in [7, 11) is 0. The number of aromatic nitrogens is 2. The van der Waals surface area contributed by atoms with Crippen molar-refractivity contribution in [1.82, 2.24) is 9.97 Å². The number of halogens is 2. The summed E-state index contributed by atoms with van der Waals surface area (Å²) in [6.07, 6.45) is 2.46. The summed E-state index contributed by atoms with van der Waals surface area (Å²) in [5, 5.41) is 0. The molecule has 10 heavy (non-hydrogen) atoms. The van der Waals surface area contributed by atoms with Crippen LogP contribution >= 0.6 is 0 Å². The SMILES string of the molecule is FC(F)Oc1ccncn1. The quantitative estimate of drug-likeness (QED) is 0.626. The molecule has 1 aromatic rings. The number of rotatable bonds is 2. The van der Waals surface area contributed by atoms with E-state index in [2.05, 4.69) is 14.7 Å². The van der Waals surface area contributed by atoms with E-state index in [1.165, 1.54) is 12.3 Å². The molecule has 0 fully saturated rings. The first-order valence-electron chi connectivity index (χ1n) is 2.50. The van der Waals surface area contributed by atoms with Crippen molar-refractivity contribution in [3.8, 4) is 5.88 Å². The van der Waals surface area contributed by atoms with E-state index in [-0.39, 0.29) is 5.88 Å². The van der Waals surface area contributed by atoms with Gasteiger partial charge in [-0.25, -0.2) is 9.97 Å². The van der Waals surface area contributed by atoms with Gasteiger partial charge < -0.3 is 4.74 Å². The Morgan fingerprint density at radius 2 is 2.30 bits per heavy atom. The van der Waals surface area contributed by atoms with Crippen molar-refractivity contribution in [1.29, 1.82) is 0 Å². The van der Waals surface area contributed by atoms with Gasteiger partial charge in [0.05, 0.1) is 0 Å². The van der Waals surface area contributed by atoms with Crippen LogP contribution in [-0.4, -0.2) is 16.6 Å². The minimum absolute atomic E-state index is 0.120. The molecule has 0 spiro atoms. The lowest BCUT2D eigenvalue weighted by atomic mass is 10.6. The minimum atomic E-state index is -2.82. The second kappa shape index (κ2) is 3.05. The average molecular weight is 146 g/mol. The standard InChI is InChI=1S/C5H4F2N2O/c6-5(7)10-4-1-2-8-3-9-4/h1-3,5H. The van der Waals surface area contributed by atoms with E-state index in [0.717, 1.165) is 6.33 Å². The molecule has 0 atom stereocenters. The molecular formula is C5H4F2N2O. The molecule has 0 saturated heterocycles. The van der Waals surface area contributed by atoms with Crippen LogP contribution in [0, 0.1) is 0 Å². The molecule has 1 rings (SSSR count). The van der Waals surface area contributed by atoms with Gasteiger partial charge in [-0.1, -0.05) is 0 Å². The lowest BCUT2D eigenvalue weighted by Crippen LogP contribution is -2.03. The number of hydrogen-bond acceptors (Lipinski definition) is 3. The monoisotopic (exact) mass is 146 g/mol. The zero-order valence-electron chi connectivity index (χ0n) is 4.87. The normalized spacial score (nSPS) is 9.90. The van der Waals surface area contributed by atoms with Crippen LogP contribution in [-0.2, 0) is 0 Å². The average Bonchev–Trinajstić information content (AvgIpc) is 1.88. The summed E-state index contributed by atoms with van der Waals surface area (Å²) in [4.78, 5) is 6.92. The number of hydrogen-bond donors (Lipinski definition) is 0. The van der Waals surface area contributed by atoms with E-state index in [1.54, 1.807) is 0 Å². The zero-order valence-corrected chi connectivity index (χ0v) is 4.87. The Bertz CT molecular complexity index is 192. The third-order valence-corrected chi connectivity index (χ3v) is 0.765. The van der Waals surface area contributed by atoms with Crippen LogP contribution in [0.4, 0.5) is 8.78 Å². The maximum atomic E-state index is 11.4. The highest BCUT2D eigenvalue weighted by Gasteiger charge is 2.02. The van der Waals surface area contributed by atoms with E-state index in [1.807, 2.05) is 0 Å². The summed E-state index contributed by atoms with van der Waals surface area (Å²) in [5.41, 5.74) is 0. The molecular weight excluding hydrogens is 142 g/mol. The van der Waals surface area contributed by atoms with Crippen LogP contribution in [0.5, 0.6) is 5.88 Å². The van der Waals surface area contributed by atoms with Crippen LogP contribution in [0.1, 0.15) is 0 Å². The molecule has 54 valence electrons. The second-order valence-electron chi connectivity index (χ2n) is 1.43. The molecule has 0 bridgehead atoms. The third-order valence-electron chi connectivity index (χ3n) is 0.765. The second-order valence-corrected chi connectivity index (χ2v) is 1.43. The van der Waals surface area contributed by atoms with Crippen molar-refractivity contribution < 1.29 is 13.5 Å².